The summed E-state index contributed by atoms with van der Waals surface area (Å²) in [6, 6.07) is 47.2. The maximum absolute atomic E-state index is 2.50. The first-order valence-corrected chi connectivity index (χ1v) is 16.7. The van der Waals surface area contributed by atoms with Crippen LogP contribution in [0, 0.1) is 41.5 Å². The first-order chi connectivity index (χ1) is 20.8. The van der Waals surface area contributed by atoms with Crippen molar-refractivity contribution in [1.29, 1.82) is 0 Å². The van der Waals surface area contributed by atoms with Gasteiger partial charge >= 0.3 is 0 Å². The first-order valence-electron chi connectivity index (χ1n) is 15.2. The second kappa shape index (κ2) is 12.0. The molecule has 0 nitrogen and oxygen atoms in total. The van der Waals surface area contributed by atoms with E-state index in [1.807, 2.05) is 0 Å². The monoisotopic (exact) mass is 571 g/mol. The van der Waals surface area contributed by atoms with Crippen LogP contribution in [0.5, 0.6) is 0 Å². The van der Waals surface area contributed by atoms with Crippen LogP contribution in [0.3, 0.4) is 0 Å². The Hall–Kier alpha value is -4.46. The summed E-state index contributed by atoms with van der Waals surface area (Å²) in [5, 5.41) is 4.43. The predicted octanol–water partition coefficient (Wildman–Crippen LogP) is 9.05. The number of aryl methyl sites for hydroxylation is 3. The van der Waals surface area contributed by atoms with Crippen LogP contribution in [-0.2, 0) is 0 Å². The smallest absolute Gasteiger partial charge is 0.0622 e. The van der Waals surface area contributed by atoms with E-state index in [-0.39, 0.29) is 0 Å². The zero-order chi connectivity index (χ0) is 30.1. The van der Waals surface area contributed by atoms with Crippen molar-refractivity contribution in [3.05, 3.63) is 161 Å². The maximum Gasteiger partial charge on any atom is 0.155 e. The first kappa shape index (κ1) is 28.6. The molecule has 1 radical (unpaired) electrons. The third kappa shape index (κ3) is 5.66. The van der Waals surface area contributed by atoms with E-state index < -0.39 is 8.80 Å². The Morgan fingerprint density at radius 2 is 0.558 bits per heavy atom. The third-order valence-corrected chi connectivity index (χ3v) is 12.3. The fraction of sp³-hybridized carbons (Fsp3) is 0.143. The predicted molar refractivity (Wildman–Crippen MR) is 189 cm³/mol. The molecule has 0 aromatic heterocycles. The van der Waals surface area contributed by atoms with Crippen molar-refractivity contribution in [2.75, 3.05) is 0 Å². The largest absolute Gasteiger partial charge is 0.155 e. The zero-order valence-corrected chi connectivity index (χ0v) is 27.1. The highest BCUT2D eigenvalue weighted by Crippen LogP contribution is 2.26. The molecule has 6 aromatic rings. The Morgan fingerprint density at radius 3 is 0.814 bits per heavy atom. The minimum atomic E-state index is -1.42. The van der Waals surface area contributed by atoms with Crippen molar-refractivity contribution in [2.24, 2.45) is 0 Å². The molecule has 0 bridgehead atoms. The van der Waals surface area contributed by atoms with E-state index in [0.29, 0.717) is 0 Å². The fourth-order valence-corrected chi connectivity index (χ4v) is 9.67. The lowest BCUT2D eigenvalue weighted by molar-refractivity contribution is 1.34. The van der Waals surface area contributed by atoms with E-state index in [1.54, 1.807) is 0 Å². The van der Waals surface area contributed by atoms with Crippen LogP contribution in [0.4, 0.5) is 0 Å². The van der Waals surface area contributed by atoms with Crippen molar-refractivity contribution in [1.82, 2.24) is 0 Å². The molecule has 0 aliphatic rings. The molecule has 0 amide bonds. The number of hydrogen-bond donors (Lipinski definition) is 0. The van der Waals surface area contributed by atoms with Gasteiger partial charge < -0.3 is 0 Å². The highest BCUT2D eigenvalue weighted by atomic mass is 28.3. The molecular formula is C42H39Si. The highest BCUT2D eigenvalue weighted by Gasteiger charge is 2.28. The Bertz CT molecular complexity index is 1680. The average molecular weight is 572 g/mol. The lowest BCUT2D eigenvalue weighted by Crippen LogP contribution is -2.55. The zero-order valence-electron chi connectivity index (χ0n) is 26.1. The number of hydrogen-bond acceptors (Lipinski definition) is 0. The Balaban J connectivity index is 1.68. The second-order valence-corrected chi connectivity index (χ2v) is 14.2. The number of benzene rings is 6. The van der Waals surface area contributed by atoms with Gasteiger partial charge in [-0.3, -0.25) is 0 Å². The molecule has 0 unspecified atom stereocenters. The van der Waals surface area contributed by atoms with Crippen LogP contribution < -0.4 is 15.6 Å². The van der Waals surface area contributed by atoms with Gasteiger partial charge in [0.25, 0.3) is 0 Å². The minimum Gasteiger partial charge on any atom is -0.0622 e. The molecule has 0 saturated heterocycles. The molecule has 43 heavy (non-hydrogen) atoms. The molecule has 0 heterocycles. The van der Waals surface area contributed by atoms with Gasteiger partial charge in [-0.2, -0.15) is 0 Å². The molecule has 0 spiro atoms. The molecular weight excluding hydrogens is 533 g/mol. The summed E-state index contributed by atoms with van der Waals surface area (Å²) < 4.78 is 0. The molecule has 6 aromatic carbocycles. The summed E-state index contributed by atoms with van der Waals surface area (Å²) in [5.74, 6) is 0. The van der Waals surface area contributed by atoms with Crippen LogP contribution in [0.2, 0.25) is 0 Å². The SMILES string of the molecule is Cc1cc(-c2ccccc2)cc([Si](c2cc(-c3ccccc3)cc(C)c2C)c2cc(-c3ccccc3)cc(C)c2C)c1C. The van der Waals surface area contributed by atoms with Crippen LogP contribution in [-0.4, -0.2) is 8.80 Å². The lowest BCUT2D eigenvalue weighted by atomic mass is 10.00. The van der Waals surface area contributed by atoms with Gasteiger partial charge in [-0.05, 0) is 124 Å². The van der Waals surface area contributed by atoms with Crippen LogP contribution in [0.1, 0.15) is 33.4 Å². The van der Waals surface area contributed by atoms with E-state index in [9.17, 15) is 0 Å². The van der Waals surface area contributed by atoms with Gasteiger partial charge in [-0.25, -0.2) is 0 Å². The van der Waals surface area contributed by atoms with Crippen LogP contribution in [0.15, 0.2) is 127 Å². The summed E-state index contributed by atoms with van der Waals surface area (Å²) in [5.41, 5.74) is 15.9. The average Bonchev–Trinajstić information content (AvgIpc) is 3.04. The van der Waals surface area contributed by atoms with Gasteiger partial charge in [0.1, 0.15) is 0 Å². The van der Waals surface area contributed by atoms with Crippen molar-refractivity contribution < 1.29 is 0 Å². The van der Waals surface area contributed by atoms with Crippen molar-refractivity contribution in [2.45, 2.75) is 41.5 Å². The second-order valence-electron chi connectivity index (χ2n) is 11.9. The fourth-order valence-electron chi connectivity index (χ4n) is 6.18. The van der Waals surface area contributed by atoms with Crippen LogP contribution in [0.25, 0.3) is 33.4 Å². The number of rotatable bonds is 6. The van der Waals surface area contributed by atoms with Gasteiger partial charge in [0, 0.05) is 0 Å². The minimum absolute atomic E-state index is 1.27. The molecule has 1 heteroatoms. The van der Waals surface area contributed by atoms with Gasteiger partial charge in [0.15, 0.2) is 8.80 Å². The summed E-state index contributed by atoms with van der Waals surface area (Å²) in [7, 11) is -1.42. The molecule has 0 fully saturated rings. The van der Waals surface area contributed by atoms with E-state index in [1.165, 1.54) is 82.3 Å². The summed E-state index contributed by atoms with van der Waals surface area (Å²) >= 11 is 0. The normalized spacial score (nSPS) is 11.2. The topological polar surface area (TPSA) is 0 Å². The molecule has 0 aliphatic heterocycles. The van der Waals surface area contributed by atoms with E-state index in [2.05, 4.69) is 169 Å². The Labute approximate surface area is 259 Å². The Kier molecular flexibility index (Phi) is 8.02. The van der Waals surface area contributed by atoms with E-state index in [0.717, 1.165) is 0 Å². The van der Waals surface area contributed by atoms with Gasteiger partial charge in [0.2, 0.25) is 0 Å². The third-order valence-electron chi connectivity index (χ3n) is 9.13. The van der Waals surface area contributed by atoms with Crippen molar-refractivity contribution in [3.63, 3.8) is 0 Å². The molecule has 211 valence electrons. The van der Waals surface area contributed by atoms with Gasteiger partial charge in [0.05, 0.1) is 0 Å². The van der Waals surface area contributed by atoms with Crippen molar-refractivity contribution in [3.8, 4) is 33.4 Å². The molecule has 0 N–H and O–H groups in total. The molecule has 0 aliphatic carbocycles. The quantitative estimate of drug-likeness (QED) is 0.138. The summed E-state index contributed by atoms with van der Waals surface area (Å²) in [6.07, 6.45) is 0. The maximum atomic E-state index is 2.50. The summed E-state index contributed by atoms with van der Waals surface area (Å²) in [6.45, 7) is 13.8. The van der Waals surface area contributed by atoms with Crippen LogP contribution >= 0.6 is 0 Å². The Morgan fingerprint density at radius 1 is 0.302 bits per heavy atom. The lowest BCUT2D eigenvalue weighted by Gasteiger charge is -2.27. The van der Waals surface area contributed by atoms with E-state index >= 15 is 0 Å². The highest BCUT2D eigenvalue weighted by molar-refractivity contribution is 6.96. The van der Waals surface area contributed by atoms with E-state index in [4.69, 9.17) is 0 Å². The summed E-state index contributed by atoms with van der Waals surface area (Å²) in [4.78, 5) is 0. The van der Waals surface area contributed by atoms with Gasteiger partial charge in [-0.1, -0.05) is 127 Å². The molecule has 6 rings (SSSR count). The van der Waals surface area contributed by atoms with Gasteiger partial charge in [-0.15, -0.1) is 0 Å². The standard InChI is InChI=1S/C42H39Si/c1-28-22-37(34-16-10-7-11-17-34)25-40(31(28)4)43(41-26-38(23-29(2)32(41)5)35-18-12-8-13-19-35)42-27-39(24-30(3)33(42)6)36-20-14-9-15-21-36/h7-27H,1-6H3. The molecule has 0 atom stereocenters. The molecule has 0 saturated carbocycles. The van der Waals surface area contributed by atoms with Crippen molar-refractivity contribution >= 4 is 24.4 Å².